The molecule has 1 amide bonds. The van der Waals surface area contributed by atoms with Gasteiger partial charge in [-0.3, -0.25) is 9.69 Å². The Hall–Kier alpha value is -3.33. The number of anilines is 2. The number of carbonyl (C=O) groups is 1. The Kier molecular flexibility index (Phi) is 6.63. The number of fused-ring (bicyclic) bond motifs is 3. The smallest absolute Gasteiger partial charge is 0.251 e. The molecule has 3 heterocycles. The van der Waals surface area contributed by atoms with Crippen molar-refractivity contribution in [1.82, 2.24) is 14.9 Å². The summed E-state index contributed by atoms with van der Waals surface area (Å²) in [5.74, 6) is 1.41. The van der Waals surface area contributed by atoms with Crippen LogP contribution in [0, 0.1) is 0 Å². The average molecular weight is 500 g/mol. The number of carbonyl (C=O) groups excluding carboxylic acids is 1. The maximum atomic E-state index is 13.6. The summed E-state index contributed by atoms with van der Waals surface area (Å²) in [5.41, 5.74) is 2.99. The predicted octanol–water partition coefficient (Wildman–Crippen LogP) is 4.80. The van der Waals surface area contributed by atoms with Crippen molar-refractivity contribution in [3.05, 3.63) is 82.5 Å². The fourth-order valence-corrected chi connectivity index (χ4v) is 6.27. The van der Waals surface area contributed by atoms with Crippen LogP contribution in [0.1, 0.15) is 34.3 Å². The summed E-state index contributed by atoms with van der Waals surface area (Å²) in [6.45, 7) is 3.88. The average Bonchev–Trinajstić information content (AvgIpc) is 3.50. The maximum Gasteiger partial charge on any atom is 0.251 e. The van der Waals surface area contributed by atoms with Gasteiger partial charge < -0.3 is 15.4 Å². The minimum atomic E-state index is -0.599. The Bertz CT molecular complexity index is 1350. The topological polar surface area (TPSA) is 79.4 Å². The zero-order chi connectivity index (χ0) is 24.3. The van der Waals surface area contributed by atoms with Gasteiger partial charge >= 0.3 is 0 Å². The number of para-hydroxylation sites is 1. The van der Waals surface area contributed by atoms with Gasteiger partial charge in [0.05, 0.1) is 25.1 Å². The highest BCUT2D eigenvalue weighted by atomic mass is 32.1. The number of thiophene rings is 1. The standard InChI is InChI=1S/C28H29N5O2S/c34-27(29-20-10-5-2-6-11-20)25(19-8-3-1-4-9-19)32-26-24-21-12-7-13-22(21)36-28(24)31-23(30-26)18-33-14-16-35-17-15-33/h1-6,8-11,25H,7,12-18H2,(H,29,34)(H,30,31,32)/t25-/m0/s1. The Balaban J connectivity index is 1.38. The highest BCUT2D eigenvalue weighted by molar-refractivity contribution is 7.19. The number of ether oxygens (including phenoxy) is 1. The normalized spacial score (nSPS) is 16.6. The lowest BCUT2D eigenvalue weighted by Gasteiger charge is -2.26. The van der Waals surface area contributed by atoms with Gasteiger partial charge in [-0.2, -0.15) is 0 Å². The number of morpholine rings is 1. The summed E-state index contributed by atoms with van der Waals surface area (Å²) < 4.78 is 5.51. The van der Waals surface area contributed by atoms with Gasteiger partial charge in [0.25, 0.3) is 5.91 Å². The first-order chi connectivity index (χ1) is 17.7. The molecule has 2 N–H and O–H groups in total. The van der Waals surface area contributed by atoms with E-state index in [0.29, 0.717) is 6.54 Å². The number of rotatable bonds is 7. The summed E-state index contributed by atoms with van der Waals surface area (Å²) in [6, 6.07) is 18.8. The highest BCUT2D eigenvalue weighted by Crippen LogP contribution is 2.40. The molecule has 36 heavy (non-hydrogen) atoms. The third kappa shape index (κ3) is 4.84. The minimum absolute atomic E-state index is 0.124. The first kappa shape index (κ1) is 23.1. The van der Waals surface area contributed by atoms with Crippen LogP contribution >= 0.6 is 11.3 Å². The summed E-state index contributed by atoms with van der Waals surface area (Å²) in [7, 11) is 0. The SMILES string of the molecule is O=C(Nc1ccccc1)[C@@H](Nc1nc(CN2CCOCC2)nc2sc3c(c12)CCC3)c1ccccc1. The number of hydrogen-bond donors (Lipinski definition) is 2. The van der Waals surface area contributed by atoms with Crippen molar-refractivity contribution < 1.29 is 9.53 Å². The van der Waals surface area contributed by atoms with Crippen LogP contribution in [0.25, 0.3) is 10.2 Å². The first-order valence-electron chi connectivity index (χ1n) is 12.5. The zero-order valence-electron chi connectivity index (χ0n) is 20.1. The lowest BCUT2D eigenvalue weighted by molar-refractivity contribution is -0.117. The number of aryl methyl sites for hydroxylation is 2. The van der Waals surface area contributed by atoms with Crippen LogP contribution in [0.5, 0.6) is 0 Å². The van der Waals surface area contributed by atoms with Gasteiger partial charge in [-0.25, -0.2) is 9.97 Å². The predicted molar refractivity (Wildman–Crippen MR) is 143 cm³/mol. The van der Waals surface area contributed by atoms with Gasteiger partial charge in [0.2, 0.25) is 0 Å². The molecular formula is C28H29N5O2S. The lowest BCUT2D eigenvalue weighted by Crippen LogP contribution is -2.36. The molecule has 0 bridgehead atoms. The van der Waals surface area contributed by atoms with Crippen LogP contribution < -0.4 is 10.6 Å². The van der Waals surface area contributed by atoms with Crippen LogP contribution in [0.15, 0.2) is 60.7 Å². The number of nitrogens with one attached hydrogen (secondary N) is 2. The molecule has 2 aliphatic rings. The van der Waals surface area contributed by atoms with Gasteiger partial charge in [-0.1, -0.05) is 48.5 Å². The van der Waals surface area contributed by atoms with E-state index in [4.69, 9.17) is 14.7 Å². The third-order valence-corrected chi connectivity index (χ3v) is 7.98. The summed E-state index contributed by atoms with van der Waals surface area (Å²) in [4.78, 5) is 28.3. The summed E-state index contributed by atoms with van der Waals surface area (Å²) in [6.07, 6.45) is 3.27. The quantitative estimate of drug-likeness (QED) is 0.380. The molecule has 0 saturated carbocycles. The van der Waals surface area contributed by atoms with Crippen LogP contribution in [-0.4, -0.2) is 47.1 Å². The zero-order valence-corrected chi connectivity index (χ0v) is 20.9. The molecule has 1 saturated heterocycles. The van der Waals surface area contributed by atoms with Crippen LogP contribution in [0.3, 0.4) is 0 Å². The van der Waals surface area contributed by atoms with Gasteiger partial charge in [0.15, 0.2) is 0 Å². The second kappa shape index (κ2) is 10.3. The van der Waals surface area contributed by atoms with E-state index in [1.54, 1.807) is 11.3 Å². The lowest BCUT2D eigenvalue weighted by atomic mass is 10.1. The van der Waals surface area contributed by atoms with Gasteiger partial charge in [0.1, 0.15) is 22.5 Å². The van der Waals surface area contributed by atoms with Gasteiger partial charge in [-0.05, 0) is 42.5 Å². The van der Waals surface area contributed by atoms with E-state index in [1.165, 1.54) is 10.4 Å². The fourth-order valence-electron chi connectivity index (χ4n) is 4.99. The van der Waals surface area contributed by atoms with Crippen molar-refractivity contribution in [2.75, 3.05) is 36.9 Å². The molecule has 8 heteroatoms. The van der Waals surface area contributed by atoms with Crippen molar-refractivity contribution in [3.8, 4) is 0 Å². The minimum Gasteiger partial charge on any atom is -0.379 e. The molecule has 2 aromatic carbocycles. The van der Waals surface area contributed by atoms with E-state index in [1.807, 2.05) is 60.7 Å². The van der Waals surface area contributed by atoms with E-state index < -0.39 is 6.04 Å². The Labute approximate surface area is 214 Å². The van der Waals surface area contributed by atoms with Crippen LogP contribution in [-0.2, 0) is 28.9 Å². The van der Waals surface area contributed by atoms with Crippen molar-refractivity contribution in [3.63, 3.8) is 0 Å². The van der Waals surface area contributed by atoms with Crippen molar-refractivity contribution in [2.45, 2.75) is 31.8 Å². The Morgan fingerprint density at radius 2 is 1.75 bits per heavy atom. The maximum absolute atomic E-state index is 13.6. The molecular weight excluding hydrogens is 470 g/mol. The van der Waals surface area contributed by atoms with E-state index in [9.17, 15) is 4.79 Å². The number of amides is 1. The second-order valence-electron chi connectivity index (χ2n) is 9.26. The van der Waals surface area contributed by atoms with E-state index in [0.717, 1.165) is 78.7 Å². The van der Waals surface area contributed by atoms with E-state index >= 15 is 0 Å². The molecule has 0 unspecified atom stereocenters. The van der Waals surface area contributed by atoms with Crippen molar-refractivity contribution in [1.29, 1.82) is 0 Å². The van der Waals surface area contributed by atoms with E-state index in [2.05, 4.69) is 15.5 Å². The molecule has 6 rings (SSSR count). The third-order valence-electron chi connectivity index (χ3n) is 6.80. The van der Waals surface area contributed by atoms with Crippen LogP contribution in [0.4, 0.5) is 11.5 Å². The number of nitrogens with zero attached hydrogens (tertiary/aromatic N) is 3. The highest BCUT2D eigenvalue weighted by Gasteiger charge is 2.27. The number of benzene rings is 2. The molecule has 1 fully saturated rings. The molecule has 0 radical (unpaired) electrons. The molecule has 7 nitrogen and oxygen atoms in total. The number of hydrogen-bond acceptors (Lipinski definition) is 7. The van der Waals surface area contributed by atoms with Crippen molar-refractivity contribution in [2.24, 2.45) is 0 Å². The van der Waals surface area contributed by atoms with Gasteiger partial charge in [0, 0.05) is 23.7 Å². The molecule has 1 aliphatic heterocycles. The second-order valence-corrected chi connectivity index (χ2v) is 10.3. The number of aromatic nitrogens is 2. The monoisotopic (exact) mass is 499 g/mol. The summed E-state index contributed by atoms with van der Waals surface area (Å²) in [5, 5.41) is 7.70. The largest absolute Gasteiger partial charge is 0.379 e. The first-order valence-corrected chi connectivity index (χ1v) is 13.3. The van der Waals surface area contributed by atoms with E-state index in [-0.39, 0.29) is 5.91 Å². The Morgan fingerprint density at radius 1 is 1.00 bits per heavy atom. The molecule has 0 spiro atoms. The molecule has 1 atom stereocenters. The Morgan fingerprint density at radius 3 is 2.53 bits per heavy atom. The fraction of sp³-hybridized carbons (Fsp3) is 0.321. The summed E-state index contributed by atoms with van der Waals surface area (Å²) >= 11 is 1.78. The molecule has 184 valence electrons. The van der Waals surface area contributed by atoms with Gasteiger partial charge in [-0.15, -0.1) is 11.3 Å². The molecule has 2 aromatic heterocycles. The van der Waals surface area contributed by atoms with Crippen LogP contribution in [0.2, 0.25) is 0 Å². The van der Waals surface area contributed by atoms with Crippen molar-refractivity contribution >= 4 is 39.0 Å². The molecule has 1 aliphatic carbocycles. The molecule has 4 aromatic rings.